The highest BCUT2D eigenvalue weighted by Crippen LogP contribution is 2.32. The smallest absolute Gasteiger partial charge is 0.260 e. The Morgan fingerprint density at radius 3 is 2.36 bits per heavy atom. The van der Waals surface area contributed by atoms with Crippen molar-refractivity contribution in [2.75, 3.05) is 51.3 Å². The molecule has 4 rings (SSSR count). The number of fused-ring (bicyclic) bond motifs is 1. The number of nitrogens with zero attached hydrogens (tertiary/aromatic N) is 4. The number of ether oxygens (including phenoxy) is 1. The standard InChI is InChI=1S/C26H34N4O4S2/c1-4-28(5-2)17-18-30(26-27-23-19-21(34-3)11-14-24(23)35-26)25(31)20-9-12-22(13-10-20)36(32,33)29-15-7-6-8-16-29/h9-14,19H,4-8,15-18H2,1-3H3. The molecule has 36 heavy (non-hydrogen) atoms. The van der Waals surface area contributed by atoms with Crippen LogP contribution in [0, 0.1) is 0 Å². The first-order chi connectivity index (χ1) is 17.4. The molecule has 1 saturated heterocycles. The average molecular weight is 531 g/mol. The van der Waals surface area contributed by atoms with E-state index in [-0.39, 0.29) is 10.8 Å². The van der Waals surface area contributed by atoms with Gasteiger partial charge in [0.25, 0.3) is 5.91 Å². The number of sulfonamides is 1. The van der Waals surface area contributed by atoms with E-state index in [0.29, 0.717) is 42.6 Å². The Kier molecular flexibility index (Phi) is 8.61. The van der Waals surface area contributed by atoms with Crippen molar-refractivity contribution in [1.82, 2.24) is 14.2 Å². The van der Waals surface area contributed by atoms with Crippen molar-refractivity contribution < 1.29 is 17.9 Å². The van der Waals surface area contributed by atoms with Gasteiger partial charge in [-0.05, 0) is 62.3 Å². The zero-order chi connectivity index (χ0) is 25.7. The molecular weight excluding hydrogens is 496 g/mol. The monoisotopic (exact) mass is 530 g/mol. The molecule has 0 unspecified atom stereocenters. The molecule has 0 bridgehead atoms. The summed E-state index contributed by atoms with van der Waals surface area (Å²) in [6.45, 7) is 8.25. The second-order valence-electron chi connectivity index (χ2n) is 8.80. The van der Waals surface area contributed by atoms with Gasteiger partial charge >= 0.3 is 0 Å². The molecule has 1 amide bonds. The molecule has 0 radical (unpaired) electrons. The van der Waals surface area contributed by atoms with Crippen LogP contribution in [0.3, 0.4) is 0 Å². The highest BCUT2D eigenvalue weighted by Gasteiger charge is 2.27. The van der Waals surface area contributed by atoms with E-state index in [0.717, 1.165) is 42.6 Å². The summed E-state index contributed by atoms with van der Waals surface area (Å²) in [6, 6.07) is 12.0. The van der Waals surface area contributed by atoms with Crippen LogP contribution in [0.2, 0.25) is 0 Å². The Balaban J connectivity index is 1.62. The van der Waals surface area contributed by atoms with Crippen molar-refractivity contribution in [3.05, 3.63) is 48.0 Å². The fourth-order valence-electron chi connectivity index (χ4n) is 4.38. The Labute approximate surface area is 217 Å². The number of carbonyl (C=O) groups is 1. The fourth-order valence-corrected chi connectivity index (χ4v) is 6.87. The van der Waals surface area contributed by atoms with Gasteiger partial charge in [-0.1, -0.05) is 31.6 Å². The number of hydrogen-bond acceptors (Lipinski definition) is 7. The Morgan fingerprint density at radius 2 is 1.72 bits per heavy atom. The van der Waals surface area contributed by atoms with E-state index in [1.165, 1.54) is 11.3 Å². The van der Waals surface area contributed by atoms with E-state index in [1.54, 1.807) is 40.6 Å². The number of anilines is 1. The van der Waals surface area contributed by atoms with E-state index in [4.69, 9.17) is 9.72 Å². The molecule has 0 saturated carbocycles. The Hall–Kier alpha value is -2.53. The van der Waals surface area contributed by atoms with Gasteiger partial charge in [-0.3, -0.25) is 9.69 Å². The maximum absolute atomic E-state index is 13.7. The number of aromatic nitrogens is 1. The van der Waals surface area contributed by atoms with Crippen molar-refractivity contribution in [3.8, 4) is 5.75 Å². The zero-order valence-electron chi connectivity index (χ0n) is 21.1. The topological polar surface area (TPSA) is 83.1 Å². The number of carbonyl (C=O) groups excluding carboxylic acids is 1. The second-order valence-corrected chi connectivity index (χ2v) is 11.7. The van der Waals surface area contributed by atoms with Gasteiger partial charge in [-0.2, -0.15) is 4.31 Å². The minimum Gasteiger partial charge on any atom is -0.497 e. The molecule has 3 aromatic rings. The normalized spacial score (nSPS) is 14.9. The summed E-state index contributed by atoms with van der Waals surface area (Å²) in [5.41, 5.74) is 1.21. The van der Waals surface area contributed by atoms with Crippen LogP contribution < -0.4 is 9.64 Å². The SMILES string of the molecule is CCN(CC)CCN(C(=O)c1ccc(S(=O)(=O)N2CCCCC2)cc1)c1nc2cc(OC)ccc2s1. The van der Waals surface area contributed by atoms with Crippen LogP contribution in [0.1, 0.15) is 43.5 Å². The maximum atomic E-state index is 13.7. The molecular formula is C26H34N4O4S2. The van der Waals surface area contributed by atoms with Gasteiger partial charge in [0.15, 0.2) is 5.13 Å². The fraction of sp³-hybridized carbons (Fsp3) is 0.462. The lowest BCUT2D eigenvalue weighted by Gasteiger charge is -2.26. The van der Waals surface area contributed by atoms with Crippen molar-refractivity contribution in [3.63, 3.8) is 0 Å². The number of benzene rings is 2. The van der Waals surface area contributed by atoms with Crippen LogP contribution in [0.5, 0.6) is 5.75 Å². The molecule has 1 aliphatic heterocycles. The lowest BCUT2D eigenvalue weighted by Crippen LogP contribution is -2.39. The van der Waals surface area contributed by atoms with E-state index < -0.39 is 10.0 Å². The summed E-state index contributed by atoms with van der Waals surface area (Å²) in [7, 11) is -1.93. The molecule has 1 aliphatic rings. The minimum absolute atomic E-state index is 0.199. The van der Waals surface area contributed by atoms with Crippen molar-refractivity contribution in [1.29, 1.82) is 0 Å². The summed E-state index contributed by atoms with van der Waals surface area (Å²) in [5, 5.41) is 0.612. The third-order valence-electron chi connectivity index (χ3n) is 6.65. The molecule has 0 spiro atoms. The first-order valence-electron chi connectivity index (χ1n) is 12.5. The number of hydrogen-bond donors (Lipinski definition) is 0. The third-order valence-corrected chi connectivity index (χ3v) is 9.62. The number of likely N-dealkylation sites (N-methyl/N-ethyl adjacent to an activating group) is 1. The number of rotatable bonds is 10. The van der Waals surface area contributed by atoms with E-state index in [9.17, 15) is 13.2 Å². The first kappa shape index (κ1) is 26.5. The molecule has 194 valence electrons. The molecule has 0 N–H and O–H groups in total. The van der Waals surface area contributed by atoms with Crippen LogP contribution >= 0.6 is 11.3 Å². The van der Waals surface area contributed by atoms with Gasteiger partial charge in [0.05, 0.1) is 22.2 Å². The summed E-state index contributed by atoms with van der Waals surface area (Å²) < 4.78 is 33.9. The first-order valence-corrected chi connectivity index (χ1v) is 14.7. The van der Waals surface area contributed by atoms with Gasteiger partial charge in [0.1, 0.15) is 5.75 Å². The van der Waals surface area contributed by atoms with Crippen LogP contribution in [0.4, 0.5) is 5.13 Å². The average Bonchev–Trinajstić information content (AvgIpc) is 3.34. The molecule has 0 aliphatic carbocycles. The largest absolute Gasteiger partial charge is 0.497 e. The third kappa shape index (κ3) is 5.72. The number of methoxy groups -OCH3 is 1. The highest BCUT2D eigenvalue weighted by atomic mass is 32.2. The second kappa shape index (κ2) is 11.7. The van der Waals surface area contributed by atoms with E-state index in [1.807, 2.05) is 18.2 Å². The predicted octanol–water partition coefficient (Wildman–Crippen LogP) is 4.47. The van der Waals surface area contributed by atoms with Gasteiger partial charge in [-0.15, -0.1) is 0 Å². The van der Waals surface area contributed by atoms with Gasteiger partial charge < -0.3 is 9.64 Å². The molecule has 2 aromatic carbocycles. The van der Waals surface area contributed by atoms with E-state index >= 15 is 0 Å². The molecule has 0 atom stereocenters. The lowest BCUT2D eigenvalue weighted by atomic mass is 10.2. The summed E-state index contributed by atoms with van der Waals surface area (Å²) >= 11 is 1.46. The molecule has 1 fully saturated rings. The Bertz CT molecular complexity index is 1280. The van der Waals surface area contributed by atoms with Gasteiger partial charge in [0.2, 0.25) is 10.0 Å². The number of amides is 1. The lowest BCUT2D eigenvalue weighted by molar-refractivity contribution is 0.0983. The van der Waals surface area contributed by atoms with Crippen LogP contribution in [0.15, 0.2) is 47.4 Å². The number of thiazole rings is 1. The predicted molar refractivity (Wildman–Crippen MR) is 145 cm³/mol. The van der Waals surface area contributed by atoms with E-state index in [2.05, 4.69) is 18.7 Å². The quantitative estimate of drug-likeness (QED) is 0.385. The molecule has 2 heterocycles. The van der Waals surface area contributed by atoms with Crippen LogP contribution in [-0.4, -0.2) is 74.9 Å². The minimum atomic E-state index is -3.55. The summed E-state index contributed by atoms with van der Waals surface area (Å²) in [5.74, 6) is 0.515. The van der Waals surface area contributed by atoms with Crippen LogP contribution in [0.25, 0.3) is 10.2 Å². The number of piperidine rings is 1. The van der Waals surface area contributed by atoms with Gasteiger partial charge in [-0.25, -0.2) is 13.4 Å². The molecule has 10 heteroatoms. The zero-order valence-corrected chi connectivity index (χ0v) is 22.8. The molecule has 8 nitrogen and oxygen atoms in total. The van der Waals surface area contributed by atoms with Crippen molar-refractivity contribution >= 4 is 42.6 Å². The molecule has 1 aromatic heterocycles. The Morgan fingerprint density at radius 1 is 1.03 bits per heavy atom. The summed E-state index contributed by atoms with van der Waals surface area (Å²) in [6.07, 6.45) is 2.82. The van der Waals surface area contributed by atoms with Crippen molar-refractivity contribution in [2.24, 2.45) is 0 Å². The maximum Gasteiger partial charge on any atom is 0.260 e. The van der Waals surface area contributed by atoms with Crippen LogP contribution in [-0.2, 0) is 10.0 Å². The highest BCUT2D eigenvalue weighted by molar-refractivity contribution is 7.89. The van der Waals surface area contributed by atoms with Crippen molar-refractivity contribution in [2.45, 2.75) is 38.0 Å². The van der Waals surface area contributed by atoms with Gasteiger partial charge in [0, 0.05) is 37.8 Å². The summed E-state index contributed by atoms with van der Waals surface area (Å²) in [4.78, 5) is 22.6.